The van der Waals surface area contributed by atoms with Crippen LogP contribution in [0.3, 0.4) is 0 Å². The summed E-state index contributed by atoms with van der Waals surface area (Å²) in [4.78, 5) is 10.6. The summed E-state index contributed by atoms with van der Waals surface area (Å²) in [5.41, 5.74) is 1.20. The fourth-order valence-corrected chi connectivity index (χ4v) is 1.30. The zero-order valence-electron chi connectivity index (χ0n) is 9.59. The second kappa shape index (κ2) is 8.02. The Bertz CT molecular complexity index is 284. The van der Waals surface area contributed by atoms with Crippen molar-refractivity contribution in [2.24, 2.45) is 0 Å². The zero-order chi connectivity index (χ0) is 11.6. The van der Waals surface area contributed by atoms with Crippen LogP contribution in [0.25, 0.3) is 0 Å². The molecule has 3 heteroatoms. The average Bonchev–Trinajstić information content (AvgIpc) is 2.35. The Morgan fingerprint density at radius 3 is 2.50 bits per heavy atom. The first-order chi connectivity index (χ1) is 7.86. The van der Waals surface area contributed by atoms with Crippen molar-refractivity contribution < 1.29 is 14.3 Å². The molecule has 0 bridgehead atoms. The zero-order valence-corrected chi connectivity index (χ0v) is 9.59. The van der Waals surface area contributed by atoms with E-state index in [1.54, 1.807) is 0 Å². The summed E-state index contributed by atoms with van der Waals surface area (Å²) in [5, 5.41) is 0. The monoisotopic (exact) mass is 222 g/mol. The molecule has 88 valence electrons. The van der Waals surface area contributed by atoms with Gasteiger partial charge in [0.1, 0.15) is 0 Å². The van der Waals surface area contributed by atoms with Crippen LogP contribution in [0.4, 0.5) is 0 Å². The molecule has 0 saturated heterocycles. The quantitative estimate of drug-likeness (QED) is 0.499. The Hall–Kier alpha value is -1.19. The summed E-state index contributed by atoms with van der Waals surface area (Å²) in [5.74, 6) is 0. The van der Waals surface area contributed by atoms with Gasteiger partial charge in [0.05, 0.1) is 6.61 Å². The number of benzene rings is 1. The molecule has 0 aromatic heterocycles. The number of hydrogen-bond donors (Lipinski definition) is 0. The third-order valence-electron chi connectivity index (χ3n) is 2.11. The minimum absolute atomic E-state index is 0.497. The van der Waals surface area contributed by atoms with Gasteiger partial charge in [0.15, 0.2) is 6.29 Å². The molecule has 0 aliphatic heterocycles. The van der Waals surface area contributed by atoms with Crippen LogP contribution in [0.2, 0.25) is 0 Å². The number of rotatable bonds is 8. The molecule has 1 rings (SSSR count). The minimum Gasteiger partial charge on any atom is -0.346 e. The van der Waals surface area contributed by atoms with Crippen molar-refractivity contribution in [3.05, 3.63) is 35.9 Å². The third kappa shape index (κ3) is 5.05. The van der Waals surface area contributed by atoms with Gasteiger partial charge in [-0.1, -0.05) is 37.3 Å². The van der Waals surface area contributed by atoms with Crippen LogP contribution < -0.4 is 0 Å². The lowest BCUT2D eigenvalue weighted by molar-refractivity contribution is -0.157. The second-order valence-corrected chi connectivity index (χ2v) is 3.48. The van der Waals surface area contributed by atoms with Gasteiger partial charge in [-0.15, -0.1) is 0 Å². The molecule has 0 saturated carbocycles. The Morgan fingerprint density at radius 1 is 1.19 bits per heavy atom. The van der Waals surface area contributed by atoms with E-state index in [-0.39, 0.29) is 0 Å². The second-order valence-electron chi connectivity index (χ2n) is 3.48. The summed E-state index contributed by atoms with van der Waals surface area (Å²) in [6, 6.07) is 10.0. The molecule has 1 aromatic rings. The Labute approximate surface area is 96.4 Å². The molecule has 0 aliphatic rings. The predicted octanol–water partition coefficient (Wildman–Crippen LogP) is 2.20. The lowest BCUT2D eigenvalue weighted by Crippen LogP contribution is -2.20. The van der Waals surface area contributed by atoms with Crippen molar-refractivity contribution in [1.82, 2.24) is 0 Å². The molecule has 3 nitrogen and oxygen atoms in total. The smallest absolute Gasteiger partial charge is 0.214 e. The highest BCUT2D eigenvalue weighted by Crippen LogP contribution is 2.01. The average molecular weight is 222 g/mol. The van der Waals surface area contributed by atoms with Gasteiger partial charge in [0.25, 0.3) is 0 Å². The van der Waals surface area contributed by atoms with Crippen molar-refractivity contribution in [3.8, 4) is 0 Å². The van der Waals surface area contributed by atoms with Crippen molar-refractivity contribution >= 4 is 6.29 Å². The SMILES string of the molecule is CCCOC(C=O)OCCc1ccccc1. The Kier molecular flexibility index (Phi) is 6.45. The molecule has 16 heavy (non-hydrogen) atoms. The minimum atomic E-state index is -0.719. The molecule has 0 radical (unpaired) electrons. The molecule has 0 N–H and O–H groups in total. The molecular weight excluding hydrogens is 204 g/mol. The van der Waals surface area contributed by atoms with Crippen molar-refractivity contribution in [1.29, 1.82) is 0 Å². The van der Waals surface area contributed by atoms with Crippen molar-refractivity contribution in [3.63, 3.8) is 0 Å². The predicted molar refractivity (Wildman–Crippen MR) is 62.2 cm³/mol. The van der Waals surface area contributed by atoms with Crippen LogP contribution in [0, 0.1) is 0 Å². The largest absolute Gasteiger partial charge is 0.346 e. The van der Waals surface area contributed by atoms with Gasteiger partial charge in [0, 0.05) is 6.61 Å². The van der Waals surface area contributed by atoms with E-state index in [1.807, 2.05) is 37.3 Å². The molecular formula is C13H18O3. The van der Waals surface area contributed by atoms with Gasteiger partial charge in [-0.2, -0.15) is 0 Å². The molecule has 0 spiro atoms. The van der Waals surface area contributed by atoms with Gasteiger partial charge >= 0.3 is 0 Å². The van der Waals surface area contributed by atoms with E-state index in [1.165, 1.54) is 5.56 Å². The normalized spacial score (nSPS) is 12.3. The molecule has 0 aliphatic carbocycles. The van der Waals surface area contributed by atoms with E-state index in [2.05, 4.69) is 0 Å². The van der Waals surface area contributed by atoms with Gasteiger partial charge in [0.2, 0.25) is 6.29 Å². The highest BCUT2D eigenvalue weighted by Gasteiger charge is 2.06. The third-order valence-corrected chi connectivity index (χ3v) is 2.11. The Balaban J connectivity index is 2.20. The van der Waals surface area contributed by atoms with Crippen LogP contribution in [-0.4, -0.2) is 25.8 Å². The van der Waals surface area contributed by atoms with Gasteiger partial charge in [-0.25, -0.2) is 0 Å². The van der Waals surface area contributed by atoms with Gasteiger partial charge in [-0.05, 0) is 18.4 Å². The first kappa shape index (κ1) is 12.9. The molecule has 0 amide bonds. The number of hydrogen-bond acceptors (Lipinski definition) is 3. The molecule has 0 fully saturated rings. The van der Waals surface area contributed by atoms with Crippen molar-refractivity contribution in [2.45, 2.75) is 26.1 Å². The summed E-state index contributed by atoms with van der Waals surface area (Å²) >= 11 is 0. The topological polar surface area (TPSA) is 35.5 Å². The van der Waals surface area contributed by atoms with Crippen LogP contribution >= 0.6 is 0 Å². The van der Waals surface area contributed by atoms with Crippen LogP contribution in [-0.2, 0) is 20.7 Å². The molecule has 1 unspecified atom stereocenters. The number of carbonyl (C=O) groups excluding carboxylic acids is 1. The van der Waals surface area contributed by atoms with E-state index in [0.29, 0.717) is 19.5 Å². The van der Waals surface area contributed by atoms with Crippen LogP contribution in [0.1, 0.15) is 18.9 Å². The lowest BCUT2D eigenvalue weighted by Gasteiger charge is -2.12. The summed E-state index contributed by atoms with van der Waals surface area (Å²) in [6.07, 6.45) is 1.65. The number of aldehydes is 1. The van der Waals surface area contributed by atoms with E-state index in [9.17, 15) is 4.79 Å². The van der Waals surface area contributed by atoms with E-state index < -0.39 is 6.29 Å². The standard InChI is InChI=1S/C13H18O3/c1-2-9-15-13(11-14)16-10-8-12-6-4-3-5-7-12/h3-7,11,13H,2,8-10H2,1H3. The van der Waals surface area contributed by atoms with Crippen LogP contribution in [0.15, 0.2) is 30.3 Å². The Morgan fingerprint density at radius 2 is 1.88 bits per heavy atom. The summed E-state index contributed by atoms with van der Waals surface area (Å²) in [6.45, 7) is 3.04. The maximum absolute atomic E-state index is 10.6. The number of carbonyl (C=O) groups is 1. The fraction of sp³-hybridized carbons (Fsp3) is 0.462. The highest BCUT2D eigenvalue weighted by atomic mass is 16.7. The molecule has 0 heterocycles. The first-order valence-corrected chi connectivity index (χ1v) is 5.59. The first-order valence-electron chi connectivity index (χ1n) is 5.59. The lowest BCUT2D eigenvalue weighted by atomic mass is 10.2. The van der Waals surface area contributed by atoms with E-state index in [0.717, 1.165) is 12.8 Å². The highest BCUT2D eigenvalue weighted by molar-refractivity contribution is 5.53. The summed E-state index contributed by atoms with van der Waals surface area (Å²) in [7, 11) is 0. The molecule has 1 atom stereocenters. The van der Waals surface area contributed by atoms with E-state index in [4.69, 9.17) is 9.47 Å². The summed E-state index contributed by atoms with van der Waals surface area (Å²) < 4.78 is 10.5. The van der Waals surface area contributed by atoms with Crippen molar-refractivity contribution in [2.75, 3.05) is 13.2 Å². The van der Waals surface area contributed by atoms with Gasteiger partial charge < -0.3 is 9.47 Å². The fourth-order valence-electron chi connectivity index (χ4n) is 1.30. The van der Waals surface area contributed by atoms with E-state index >= 15 is 0 Å². The maximum Gasteiger partial charge on any atom is 0.214 e. The van der Waals surface area contributed by atoms with Crippen LogP contribution in [0.5, 0.6) is 0 Å². The molecule has 1 aromatic carbocycles. The van der Waals surface area contributed by atoms with Gasteiger partial charge in [-0.3, -0.25) is 4.79 Å². The number of ether oxygens (including phenoxy) is 2. The maximum atomic E-state index is 10.6.